The number of hydrogen-bond acceptors (Lipinski definition) is 4. The van der Waals surface area contributed by atoms with Crippen LogP contribution in [0.1, 0.15) is 17.0 Å². The summed E-state index contributed by atoms with van der Waals surface area (Å²) >= 11 is 0. The zero-order valence-corrected chi connectivity index (χ0v) is 16.5. The summed E-state index contributed by atoms with van der Waals surface area (Å²) in [5, 5.41) is 0. The topological polar surface area (TPSA) is 78.5 Å². The number of H-pyrrole nitrogens is 1. The van der Waals surface area contributed by atoms with Crippen molar-refractivity contribution in [3.8, 4) is 0 Å². The van der Waals surface area contributed by atoms with E-state index in [1.165, 1.54) is 0 Å². The van der Waals surface area contributed by atoms with Gasteiger partial charge in [0.1, 0.15) is 11.4 Å². The fraction of sp³-hybridized carbons (Fsp3) is 0.409. The van der Waals surface area contributed by atoms with Crippen molar-refractivity contribution in [2.45, 2.75) is 31.7 Å². The number of benzene rings is 1. The molecule has 0 radical (unpaired) electrons. The number of hydrogen-bond donors (Lipinski definition) is 1. The van der Waals surface area contributed by atoms with E-state index in [0.29, 0.717) is 25.5 Å². The summed E-state index contributed by atoms with van der Waals surface area (Å²) < 4.78 is 6.22. The van der Waals surface area contributed by atoms with Crippen molar-refractivity contribution < 1.29 is 14.3 Å². The molecule has 29 heavy (non-hydrogen) atoms. The summed E-state index contributed by atoms with van der Waals surface area (Å²) in [6, 6.07) is 8.16. The number of imidazole rings is 1. The molecular formula is C22H24N4O3. The van der Waals surface area contributed by atoms with Crippen LogP contribution in [0.15, 0.2) is 48.8 Å². The number of aromatic nitrogens is 2. The lowest BCUT2D eigenvalue weighted by Gasteiger charge is -2.27. The van der Waals surface area contributed by atoms with E-state index in [4.69, 9.17) is 4.74 Å². The van der Waals surface area contributed by atoms with Crippen LogP contribution < -0.4 is 0 Å². The summed E-state index contributed by atoms with van der Waals surface area (Å²) in [5.41, 5.74) is 1.57. The lowest BCUT2D eigenvalue weighted by Crippen LogP contribution is -2.44. The number of nitrogens with one attached hydrogen (secondary N) is 1. The van der Waals surface area contributed by atoms with Gasteiger partial charge in [0.05, 0.1) is 31.0 Å². The zero-order chi connectivity index (χ0) is 20.2. The first-order valence-electron chi connectivity index (χ1n) is 9.92. The predicted octanol–water partition coefficient (Wildman–Crippen LogP) is 1.66. The average molecular weight is 392 g/mol. The van der Waals surface area contributed by atoms with E-state index in [1.54, 1.807) is 24.3 Å². The molecule has 2 bridgehead atoms. The second kappa shape index (κ2) is 6.56. The van der Waals surface area contributed by atoms with Crippen molar-refractivity contribution in [3.63, 3.8) is 0 Å². The van der Waals surface area contributed by atoms with E-state index in [-0.39, 0.29) is 17.9 Å². The van der Waals surface area contributed by atoms with Crippen molar-refractivity contribution in [2.24, 2.45) is 11.8 Å². The van der Waals surface area contributed by atoms with Gasteiger partial charge >= 0.3 is 0 Å². The van der Waals surface area contributed by atoms with Crippen LogP contribution in [0.25, 0.3) is 0 Å². The monoisotopic (exact) mass is 392 g/mol. The molecule has 2 fully saturated rings. The van der Waals surface area contributed by atoms with Gasteiger partial charge in [-0.05, 0) is 12.5 Å². The Labute approximate surface area is 169 Å². The van der Waals surface area contributed by atoms with Gasteiger partial charge in [-0.2, -0.15) is 0 Å². The summed E-state index contributed by atoms with van der Waals surface area (Å²) in [7, 11) is 1.75. The van der Waals surface area contributed by atoms with Crippen LogP contribution in [-0.2, 0) is 27.4 Å². The van der Waals surface area contributed by atoms with Crippen molar-refractivity contribution >= 4 is 11.8 Å². The van der Waals surface area contributed by atoms with Gasteiger partial charge in [0.25, 0.3) is 0 Å². The Morgan fingerprint density at radius 2 is 2.31 bits per heavy atom. The maximum atomic E-state index is 13.3. The van der Waals surface area contributed by atoms with Crippen LogP contribution in [0, 0.1) is 18.8 Å². The molecule has 5 rings (SSSR count). The number of likely N-dealkylation sites (tertiary alicyclic amines) is 1. The molecule has 2 aromatic rings. The summed E-state index contributed by atoms with van der Waals surface area (Å²) in [6.07, 6.45) is 7.00. The number of aryl methyl sites for hydroxylation is 1. The van der Waals surface area contributed by atoms with Crippen LogP contribution in [0.4, 0.5) is 0 Å². The predicted molar refractivity (Wildman–Crippen MR) is 105 cm³/mol. The first-order valence-corrected chi connectivity index (χ1v) is 9.92. The van der Waals surface area contributed by atoms with Crippen molar-refractivity contribution in [1.29, 1.82) is 0 Å². The molecule has 4 atom stereocenters. The fourth-order valence-corrected chi connectivity index (χ4v) is 4.97. The van der Waals surface area contributed by atoms with Gasteiger partial charge in [-0.15, -0.1) is 0 Å². The third kappa shape index (κ3) is 2.88. The lowest BCUT2D eigenvalue weighted by atomic mass is 9.76. The number of nitrogens with zero attached hydrogens (tertiary/aromatic N) is 3. The second-order valence-electron chi connectivity index (χ2n) is 8.31. The highest BCUT2D eigenvalue weighted by Crippen LogP contribution is 2.52. The average Bonchev–Trinajstić information content (AvgIpc) is 3.45. The Morgan fingerprint density at radius 3 is 3.07 bits per heavy atom. The Balaban J connectivity index is 1.37. The minimum atomic E-state index is -0.683. The van der Waals surface area contributed by atoms with Gasteiger partial charge in [-0.1, -0.05) is 42.0 Å². The zero-order valence-electron chi connectivity index (χ0n) is 16.5. The smallest absolute Gasteiger partial charge is 0.230 e. The molecule has 0 aliphatic carbocycles. The Morgan fingerprint density at radius 1 is 1.45 bits per heavy atom. The number of amides is 2. The van der Waals surface area contributed by atoms with Gasteiger partial charge < -0.3 is 19.5 Å². The van der Waals surface area contributed by atoms with Gasteiger partial charge in [-0.3, -0.25) is 9.59 Å². The van der Waals surface area contributed by atoms with Crippen molar-refractivity contribution in [2.75, 3.05) is 13.6 Å². The van der Waals surface area contributed by atoms with E-state index in [0.717, 1.165) is 11.1 Å². The third-order valence-electron chi connectivity index (χ3n) is 6.24. The highest BCUT2D eigenvalue weighted by Gasteiger charge is 2.67. The largest absolute Gasteiger partial charge is 0.360 e. The molecule has 4 heterocycles. The highest BCUT2D eigenvalue weighted by molar-refractivity contribution is 5.93. The Bertz CT molecular complexity index is 986. The van der Waals surface area contributed by atoms with Crippen LogP contribution in [-0.4, -0.2) is 56.9 Å². The third-order valence-corrected chi connectivity index (χ3v) is 6.24. The van der Waals surface area contributed by atoms with Gasteiger partial charge in [-0.25, -0.2) is 4.98 Å². The molecule has 7 nitrogen and oxygen atoms in total. The molecule has 150 valence electrons. The fourth-order valence-electron chi connectivity index (χ4n) is 4.97. The second-order valence-corrected chi connectivity index (χ2v) is 8.31. The molecule has 0 saturated carbocycles. The quantitative estimate of drug-likeness (QED) is 0.785. The normalized spacial score (nSPS) is 29.5. The molecule has 1 spiro atoms. The minimum absolute atomic E-state index is 0.00287. The Kier molecular flexibility index (Phi) is 4.10. The summed E-state index contributed by atoms with van der Waals surface area (Å²) in [6.45, 7) is 3.44. The molecule has 2 amide bonds. The van der Waals surface area contributed by atoms with E-state index >= 15 is 0 Å². The molecule has 0 unspecified atom stereocenters. The molecule has 1 aromatic carbocycles. The highest BCUT2D eigenvalue weighted by atomic mass is 16.5. The molecule has 1 aromatic heterocycles. The van der Waals surface area contributed by atoms with Gasteiger partial charge in [0.15, 0.2) is 0 Å². The van der Waals surface area contributed by atoms with Crippen LogP contribution >= 0.6 is 0 Å². The Hall–Kier alpha value is -2.93. The first kappa shape index (κ1) is 18.1. The van der Waals surface area contributed by atoms with E-state index in [2.05, 4.69) is 16.0 Å². The molecule has 3 aliphatic rings. The van der Waals surface area contributed by atoms with Crippen molar-refractivity contribution in [1.82, 2.24) is 19.8 Å². The number of carbonyl (C=O) groups is 2. The lowest BCUT2D eigenvalue weighted by molar-refractivity contribution is -0.143. The van der Waals surface area contributed by atoms with E-state index < -0.39 is 17.4 Å². The summed E-state index contributed by atoms with van der Waals surface area (Å²) in [5.74, 6) is -0.311. The number of carbonyl (C=O) groups excluding carboxylic acids is 2. The minimum Gasteiger partial charge on any atom is -0.360 e. The van der Waals surface area contributed by atoms with Crippen LogP contribution in [0.5, 0.6) is 0 Å². The number of aromatic amines is 1. The van der Waals surface area contributed by atoms with E-state index in [1.807, 2.05) is 42.2 Å². The number of ether oxygens (including phenoxy) is 1. The molecule has 2 saturated heterocycles. The number of rotatable bonds is 5. The van der Waals surface area contributed by atoms with E-state index in [9.17, 15) is 9.59 Å². The standard InChI is InChI=1S/C22H24N4O3/c1-14-4-3-5-15(10-14)11-26-13-22-7-6-16(29-22)18(19(22)21(26)28)20(27)25(2)12-17-23-8-9-24-17/h3-10,16,18-19H,11-13H2,1-2H3,(H,23,24)/t16-,18+,19-,22-/m0/s1. The maximum Gasteiger partial charge on any atom is 0.230 e. The van der Waals surface area contributed by atoms with Crippen LogP contribution in [0.2, 0.25) is 0 Å². The van der Waals surface area contributed by atoms with Gasteiger partial charge in [0, 0.05) is 26.0 Å². The number of fused-ring (bicyclic) bond motifs is 1. The SMILES string of the molecule is Cc1cccc(CN2C[C@]34C=C[C@H](O3)[C@@H](C(=O)N(C)Cc3ncc[nH]3)[C@H]4C2=O)c1. The van der Waals surface area contributed by atoms with Crippen molar-refractivity contribution in [3.05, 3.63) is 65.8 Å². The molecule has 1 N–H and O–H groups in total. The molecular weight excluding hydrogens is 368 g/mol. The van der Waals surface area contributed by atoms with Crippen LogP contribution in [0.3, 0.4) is 0 Å². The summed E-state index contributed by atoms with van der Waals surface area (Å²) in [4.78, 5) is 37.3. The molecule has 3 aliphatic heterocycles. The first-order chi connectivity index (χ1) is 14.0. The molecule has 7 heteroatoms. The maximum absolute atomic E-state index is 13.3. The van der Waals surface area contributed by atoms with Gasteiger partial charge in [0.2, 0.25) is 11.8 Å².